The fourth-order valence-corrected chi connectivity index (χ4v) is 4.33. The zero-order valence-corrected chi connectivity index (χ0v) is 12.4. The van der Waals surface area contributed by atoms with Crippen LogP contribution in [0, 0.1) is 5.41 Å². The Hall–Kier alpha value is -1.03. The van der Waals surface area contributed by atoms with Crippen LogP contribution in [0.15, 0.2) is 12.4 Å². The first kappa shape index (κ1) is 12.7. The van der Waals surface area contributed by atoms with Gasteiger partial charge in [-0.15, -0.1) is 0 Å². The highest BCUT2D eigenvalue weighted by molar-refractivity contribution is 5.46. The van der Waals surface area contributed by atoms with E-state index in [1.807, 2.05) is 0 Å². The Labute approximate surface area is 121 Å². The topological polar surface area (TPSA) is 33.1 Å². The van der Waals surface area contributed by atoms with Crippen LogP contribution in [-0.4, -0.2) is 36.0 Å². The van der Waals surface area contributed by atoms with Crippen molar-refractivity contribution in [3.05, 3.63) is 12.4 Å². The van der Waals surface area contributed by atoms with Gasteiger partial charge in [-0.1, -0.05) is 19.3 Å². The third-order valence-electron chi connectivity index (χ3n) is 5.60. The lowest BCUT2D eigenvalue weighted by molar-refractivity contribution is 0.139. The Bertz CT molecular complexity index is 447. The normalized spacial score (nSPS) is 26.7. The second kappa shape index (κ2) is 5.06. The predicted molar refractivity (Wildman–Crippen MR) is 81.1 cm³/mol. The van der Waals surface area contributed by atoms with Crippen LogP contribution in [0.25, 0.3) is 0 Å². The van der Waals surface area contributed by atoms with Crippen LogP contribution in [0.1, 0.15) is 51.0 Å². The van der Waals surface area contributed by atoms with Crippen LogP contribution in [0.4, 0.5) is 5.69 Å². The van der Waals surface area contributed by atoms with Crippen LogP contribution in [0.3, 0.4) is 0 Å². The minimum absolute atomic E-state index is 0.606. The number of piperidine rings is 1. The Kier molecular flexibility index (Phi) is 3.21. The standard InChI is InChI=1S/C16H26N4/c1-2-6-16(7-3-1)12-19(13-16)15-10-18-20(11-15)14-4-8-17-9-5-14/h10-11,14,17H,1-9,12-13H2. The van der Waals surface area contributed by atoms with Crippen LogP contribution in [0.2, 0.25) is 0 Å². The van der Waals surface area contributed by atoms with Gasteiger partial charge in [0, 0.05) is 24.7 Å². The second-order valence-corrected chi connectivity index (χ2v) is 7.08. The van der Waals surface area contributed by atoms with E-state index in [4.69, 9.17) is 0 Å². The minimum Gasteiger partial charge on any atom is -0.368 e. The molecule has 0 bridgehead atoms. The molecule has 0 radical (unpaired) electrons. The Balaban J connectivity index is 1.39. The van der Waals surface area contributed by atoms with E-state index in [9.17, 15) is 0 Å². The summed E-state index contributed by atoms with van der Waals surface area (Å²) in [6.07, 6.45) is 14.0. The maximum Gasteiger partial charge on any atom is 0.0753 e. The lowest BCUT2D eigenvalue weighted by Crippen LogP contribution is -2.57. The summed E-state index contributed by atoms with van der Waals surface area (Å²) in [7, 11) is 0. The molecule has 0 unspecified atom stereocenters. The van der Waals surface area contributed by atoms with Gasteiger partial charge in [-0.05, 0) is 38.8 Å². The van der Waals surface area contributed by atoms with Crippen molar-refractivity contribution in [2.75, 3.05) is 31.1 Å². The summed E-state index contributed by atoms with van der Waals surface area (Å²) in [4.78, 5) is 2.54. The van der Waals surface area contributed by atoms with Crippen molar-refractivity contribution < 1.29 is 0 Å². The summed E-state index contributed by atoms with van der Waals surface area (Å²) < 4.78 is 2.21. The van der Waals surface area contributed by atoms with Crippen LogP contribution in [-0.2, 0) is 0 Å². The molecule has 110 valence electrons. The van der Waals surface area contributed by atoms with Gasteiger partial charge in [-0.2, -0.15) is 5.10 Å². The Morgan fingerprint density at radius 3 is 2.60 bits per heavy atom. The molecule has 3 aliphatic rings. The molecule has 0 atom stereocenters. The van der Waals surface area contributed by atoms with Crippen LogP contribution in [0.5, 0.6) is 0 Å². The first-order valence-corrected chi connectivity index (χ1v) is 8.35. The van der Waals surface area contributed by atoms with E-state index < -0.39 is 0 Å². The van der Waals surface area contributed by atoms with E-state index in [-0.39, 0.29) is 0 Å². The molecule has 1 aliphatic carbocycles. The number of hydrogen-bond acceptors (Lipinski definition) is 3. The molecule has 1 aromatic rings. The van der Waals surface area contributed by atoms with Crippen molar-refractivity contribution in [1.82, 2.24) is 15.1 Å². The summed E-state index contributed by atoms with van der Waals surface area (Å²) in [5.74, 6) is 0. The molecule has 0 aromatic carbocycles. The fourth-order valence-electron chi connectivity index (χ4n) is 4.33. The molecule has 1 aromatic heterocycles. The molecular formula is C16H26N4. The first-order chi connectivity index (χ1) is 9.85. The van der Waals surface area contributed by atoms with Crippen molar-refractivity contribution in [3.63, 3.8) is 0 Å². The number of rotatable bonds is 2. The van der Waals surface area contributed by atoms with Gasteiger partial charge in [0.25, 0.3) is 0 Å². The van der Waals surface area contributed by atoms with E-state index in [1.165, 1.54) is 63.7 Å². The first-order valence-electron chi connectivity index (χ1n) is 8.35. The minimum atomic E-state index is 0.606. The largest absolute Gasteiger partial charge is 0.368 e. The van der Waals surface area contributed by atoms with Gasteiger partial charge >= 0.3 is 0 Å². The zero-order valence-electron chi connectivity index (χ0n) is 12.4. The smallest absolute Gasteiger partial charge is 0.0753 e. The van der Waals surface area contributed by atoms with Gasteiger partial charge in [0.15, 0.2) is 0 Å². The summed E-state index contributed by atoms with van der Waals surface area (Å²) >= 11 is 0. The lowest BCUT2D eigenvalue weighted by Gasteiger charge is -2.53. The molecule has 0 amide bonds. The number of aromatic nitrogens is 2. The number of hydrogen-bond donors (Lipinski definition) is 1. The van der Waals surface area contributed by atoms with E-state index in [2.05, 4.69) is 32.4 Å². The number of nitrogens with zero attached hydrogens (tertiary/aromatic N) is 3. The molecule has 4 rings (SSSR count). The van der Waals surface area contributed by atoms with Gasteiger partial charge in [-0.25, -0.2) is 0 Å². The maximum atomic E-state index is 4.62. The maximum absolute atomic E-state index is 4.62. The summed E-state index contributed by atoms with van der Waals surface area (Å²) in [6, 6.07) is 0.606. The molecular weight excluding hydrogens is 248 g/mol. The van der Waals surface area contributed by atoms with Gasteiger partial charge in [0.1, 0.15) is 0 Å². The molecule has 1 spiro atoms. The van der Waals surface area contributed by atoms with E-state index in [1.54, 1.807) is 0 Å². The third kappa shape index (κ3) is 2.24. The highest BCUT2D eigenvalue weighted by Gasteiger charge is 2.43. The van der Waals surface area contributed by atoms with Crippen molar-refractivity contribution >= 4 is 5.69 Å². The molecule has 4 heteroatoms. The van der Waals surface area contributed by atoms with Crippen LogP contribution >= 0.6 is 0 Å². The van der Waals surface area contributed by atoms with Gasteiger partial charge in [-0.3, -0.25) is 4.68 Å². The van der Waals surface area contributed by atoms with E-state index in [0.717, 1.165) is 13.1 Å². The Morgan fingerprint density at radius 1 is 1.10 bits per heavy atom. The molecule has 2 saturated heterocycles. The Morgan fingerprint density at radius 2 is 1.85 bits per heavy atom. The fraction of sp³-hybridized carbons (Fsp3) is 0.812. The lowest BCUT2D eigenvalue weighted by atomic mass is 9.68. The predicted octanol–water partition coefficient (Wildman–Crippen LogP) is 2.58. The van der Waals surface area contributed by atoms with Crippen LogP contribution < -0.4 is 10.2 Å². The summed E-state index contributed by atoms with van der Waals surface area (Å²) in [6.45, 7) is 4.80. The molecule has 3 heterocycles. The van der Waals surface area contributed by atoms with Gasteiger partial charge in [0.2, 0.25) is 0 Å². The summed E-state index contributed by atoms with van der Waals surface area (Å²) in [5, 5.41) is 8.05. The van der Waals surface area contributed by atoms with Gasteiger partial charge in [0.05, 0.1) is 17.9 Å². The van der Waals surface area contributed by atoms with E-state index in [0.29, 0.717) is 11.5 Å². The zero-order chi connectivity index (χ0) is 13.4. The van der Waals surface area contributed by atoms with Crippen molar-refractivity contribution in [3.8, 4) is 0 Å². The average Bonchev–Trinajstić information content (AvgIpc) is 2.96. The third-order valence-corrected chi connectivity index (χ3v) is 5.60. The van der Waals surface area contributed by atoms with Crippen molar-refractivity contribution in [2.45, 2.75) is 51.0 Å². The number of nitrogens with one attached hydrogen (secondary N) is 1. The molecule has 20 heavy (non-hydrogen) atoms. The summed E-state index contributed by atoms with van der Waals surface area (Å²) in [5.41, 5.74) is 2.01. The van der Waals surface area contributed by atoms with Crippen molar-refractivity contribution in [1.29, 1.82) is 0 Å². The average molecular weight is 274 g/mol. The highest BCUT2D eigenvalue weighted by Crippen LogP contribution is 2.45. The second-order valence-electron chi connectivity index (χ2n) is 7.08. The SMILES string of the molecule is c1nn(C2CCNCC2)cc1N1CC2(CCCCC2)C1. The molecule has 4 nitrogen and oxygen atoms in total. The van der Waals surface area contributed by atoms with Gasteiger partial charge < -0.3 is 10.2 Å². The highest BCUT2D eigenvalue weighted by atomic mass is 15.3. The molecule has 3 fully saturated rings. The molecule has 1 N–H and O–H groups in total. The molecule has 2 aliphatic heterocycles. The molecule has 1 saturated carbocycles. The quantitative estimate of drug-likeness (QED) is 0.900. The monoisotopic (exact) mass is 274 g/mol. The van der Waals surface area contributed by atoms with E-state index >= 15 is 0 Å². The van der Waals surface area contributed by atoms with Crippen molar-refractivity contribution in [2.24, 2.45) is 5.41 Å². The number of anilines is 1.